The average molecular weight is 215 g/mol. The van der Waals surface area contributed by atoms with Crippen molar-refractivity contribution in [2.24, 2.45) is 0 Å². The first kappa shape index (κ1) is 10.0. The minimum absolute atomic E-state index is 0.241. The van der Waals surface area contributed by atoms with E-state index in [1.54, 1.807) is 30.3 Å². The number of nitrogens with zero attached hydrogens (tertiary/aromatic N) is 3. The number of pyridine rings is 1. The van der Waals surface area contributed by atoms with Gasteiger partial charge in [0.25, 0.3) is 5.91 Å². The zero-order valence-corrected chi connectivity index (χ0v) is 8.29. The van der Waals surface area contributed by atoms with E-state index < -0.39 is 0 Å². The molecule has 2 aromatic rings. The molecule has 0 saturated heterocycles. The maximum Gasteiger partial charge on any atom is 0.275 e. The molecule has 0 spiro atoms. The number of hydrogen-bond acceptors (Lipinski definition) is 5. The monoisotopic (exact) mass is 215 g/mol. The highest BCUT2D eigenvalue weighted by atomic mass is 16.1. The third kappa shape index (κ3) is 2.30. The Labute approximate surface area is 91.5 Å². The first-order valence-corrected chi connectivity index (χ1v) is 4.57. The van der Waals surface area contributed by atoms with Gasteiger partial charge in [0, 0.05) is 6.20 Å². The molecule has 0 radical (unpaired) electrons. The van der Waals surface area contributed by atoms with E-state index in [0.717, 1.165) is 0 Å². The van der Waals surface area contributed by atoms with Gasteiger partial charge in [-0.2, -0.15) is 5.10 Å². The summed E-state index contributed by atoms with van der Waals surface area (Å²) in [4.78, 5) is 15.6. The Bertz CT molecular complexity index is 500. The van der Waals surface area contributed by atoms with E-state index in [9.17, 15) is 4.79 Å². The van der Waals surface area contributed by atoms with Gasteiger partial charge in [0.05, 0.1) is 0 Å². The van der Waals surface area contributed by atoms with Gasteiger partial charge in [0.2, 0.25) is 0 Å². The Balaban J connectivity index is 2.15. The minimum Gasteiger partial charge on any atom is -0.384 e. The fourth-order valence-electron chi connectivity index (χ4n) is 1.13. The van der Waals surface area contributed by atoms with Crippen molar-refractivity contribution >= 4 is 17.5 Å². The summed E-state index contributed by atoms with van der Waals surface area (Å²) < 4.78 is 0. The number of hydrogen-bond donors (Lipinski definition) is 2. The SMILES string of the molecule is Nc1cccc(C(=O)Nc2cccnn2)n1. The lowest BCUT2D eigenvalue weighted by molar-refractivity contribution is 0.102. The largest absolute Gasteiger partial charge is 0.384 e. The molecule has 2 heterocycles. The van der Waals surface area contributed by atoms with Crippen molar-refractivity contribution in [2.75, 3.05) is 11.1 Å². The quantitative estimate of drug-likeness (QED) is 0.769. The Hall–Kier alpha value is -2.50. The van der Waals surface area contributed by atoms with Crippen LogP contribution in [0.5, 0.6) is 0 Å². The molecule has 0 saturated carbocycles. The van der Waals surface area contributed by atoms with E-state index in [0.29, 0.717) is 11.6 Å². The molecule has 0 atom stereocenters. The van der Waals surface area contributed by atoms with Crippen LogP contribution in [0.3, 0.4) is 0 Å². The van der Waals surface area contributed by atoms with E-state index >= 15 is 0 Å². The molecule has 6 heteroatoms. The van der Waals surface area contributed by atoms with Gasteiger partial charge in [-0.1, -0.05) is 6.07 Å². The number of nitrogens with two attached hydrogens (primary N) is 1. The van der Waals surface area contributed by atoms with Crippen molar-refractivity contribution in [1.82, 2.24) is 15.2 Å². The number of aromatic nitrogens is 3. The van der Waals surface area contributed by atoms with Gasteiger partial charge in [0.15, 0.2) is 5.82 Å². The van der Waals surface area contributed by atoms with Crippen LogP contribution in [0.1, 0.15) is 10.5 Å². The van der Waals surface area contributed by atoms with Crippen molar-refractivity contribution in [3.05, 3.63) is 42.2 Å². The molecule has 2 aromatic heterocycles. The third-order valence-electron chi connectivity index (χ3n) is 1.82. The van der Waals surface area contributed by atoms with Crippen LogP contribution in [0.25, 0.3) is 0 Å². The van der Waals surface area contributed by atoms with Gasteiger partial charge in [-0.05, 0) is 24.3 Å². The lowest BCUT2D eigenvalue weighted by Crippen LogP contribution is -2.15. The summed E-state index contributed by atoms with van der Waals surface area (Å²) in [5.41, 5.74) is 5.71. The van der Waals surface area contributed by atoms with Crippen LogP contribution < -0.4 is 11.1 Å². The average Bonchev–Trinajstić information content (AvgIpc) is 2.30. The second-order valence-corrected chi connectivity index (χ2v) is 3.01. The number of nitrogen functional groups attached to an aromatic ring is 1. The van der Waals surface area contributed by atoms with Gasteiger partial charge in [-0.25, -0.2) is 4.98 Å². The Morgan fingerprint density at radius 3 is 2.81 bits per heavy atom. The van der Waals surface area contributed by atoms with Gasteiger partial charge >= 0.3 is 0 Å². The zero-order valence-electron chi connectivity index (χ0n) is 8.29. The molecule has 2 rings (SSSR count). The molecular weight excluding hydrogens is 206 g/mol. The maximum absolute atomic E-state index is 11.7. The zero-order chi connectivity index (χ0) is 11.4. The molecule has 0 fully saturated rings. The Morgan fingerprint density at radius 1 is 1.25 bits per heavy atom. The van der Waals surface area contributed by atoms with Crippen LogP contribution >= 0.6 is 0 Å². The minimum atomic E-state index is -0.368. The van der Waals surface area contributed by atoms with Crippen LogP contribution in [0.2, 0.25) is 0 Å². The van der Waals surface area contributed by atoms with Crippen molar-refractivity contribution in [3.63, 3.8) is 0 Å². The van der Waals surface area contributed by atoms with Gasteiger partial charge < -0.3 is 11.1 Å². The van der Waals surface area contributed by atoms with Crippen LogP contribution in [0, 0.1) is 0 Å². The number of anilines is 2. The summed E-state index contributed by atoms with van der Waals surface area (Å²) in [7, 11) is 0. The van der Waals surface area contributed by atoms with E-state index in [1.165, 1.54) is 6.20 Å². The summed E-state index contributed by atoms with van der Waals surface area (Å²) in [5, 5.41) is 9.92. The van der Waals surface area contributed by atoms with Gasteiger partial charge in [-0.15, -0.1) is 5.10 Å². The predicted molar refractivity (Wildman–Crippen MR) is 58.6 cm³/mol. The lowest BCUT2D eigenvalue weighted by atomic mass is 10.3. The molecule has 1 amide bonds. The molecular formula is C10H9N5O. The molecule has 0 bridgehead atoms. The molecule has 6 nitrogen and oxygen atoms in total. The predicted octanol–water partition coefficient (Wildman–Crippen LogP) is 0.706. The molecule has 0 aliphatic heterocycles. The summed E-state index contributed by atoms with van der Waals surface area (Å²) in [5.74, 6) is 0.302. The standard InChI is InChI=1S/C10H9N5O/c11-8-4-1-3-7(13-8)10(16)14-9-5-2-6-12-15-9/h1-6H,(H2,11,13)(H,14,15,16). The highest BCUT2D eigenvalue weighted by Gasteiger charge is 2.07. The van der Waals surface area contributed by atoms with E-state index in [2.05, 4.69) is 20.5 Å². The van der Waals surface area contributed by atoms with E-state index in [1.807, 2.05) is 0 Å². The number of rotatable bonds is 2. The molecule has 80 valence electrons. The summed E-state index contributed by atoms with van der Waals surface area (Å²) >= 11 is 0. The molecule has 0 unspecified atom stereocenters. The third-order valence-corrected chi connectivity index (χ3v) is 1.82. The summed E-state index contributed by atoms with van der Waals surface area (Å²) in [6.45, 7) is 0. The smallest absolute Gasteiger partial charge is 0.275 e. The van der Waals surface area contributed by atoms with E-state index in [-0.39, 0.29) is 11.6 Å². The molecule has 0 aliphatic rings. The number of carbonyl (C=O) groups excluding carboxylic acids is 1. The molecule has 0 aliphatic carbocycles. The maximum atomic E-state index is 11.7. The van der Waals surface area contributed by atoms with Crippen LogP contribution in [-0.2, 0) is 0 Å². The molecule has 3 N–H and O–H groups in total. The fourth-order valence-corrected chi connectivity index (χ4v) is 1.13. The van der Waals surface area contributed by atoms with Crippen molar-refractivity contribution in [2.45, 2.75) is 0 Å². The lowest BCUT2D eigenvalue weighted by Gasteiger charge is -2.02. The van der Waals surface area contributed by atoms with Crippen molar-refractivity contribution in [3.8, 4) is 0 Å². The Morgan fingerprint density at radius 2 is 2.12 bits per heavy atom. The van der Waals surface area contributed by atoms with Gasteiger partial charge in [0.1, 0.15) is 11.5 Å². The first-order valence-electron chi connectivity index (χ1n) is 4.57. The fraction of sp³-hybridized carbons (Fsp3) is 0. The van der Waals surface area contributed by atoms with Gasteiger partial charge in [-0.3, -0.25) is 4.79 Å². The van der Waals surface area contributed by atoms with Crippen LogP contribution in [0.15, 0.2) is 36.5 Å². The summed E-state index contributed by atoms with van der Waals surface area (Å²) in [6.07, 6.45) is 1.52. The van der Waals surface area contributed by atoms with Crippen molar-refractivity contribution in [1.29, 1.82) is 0 Å². The second kappa shape index (κ2) is 4.35. The summed E-state index contributed by atoms with van der Waals surface area (Å²) in [6, 6.07) is 8.15. The molecule has 16 heavy (non-hydrogen) atoms. The number of amides is 1. The highest BCUT2D eigenvalue weighted by molar-refractivity contribution is 6.02. The number of nitrogens with one attached hydrogen (secondary N) is 1. The topological polar surface area (TPSA) is 93.8 Å². The second-order valence-electron chi connectivity index (χ2n) is 3.01. The van der Waals surface area contributed by atoms with Crippen LogP contribution in [0.4, 0.5) is 11.6 Å². The van der Waals surface area contributed by atoms with Crippen LogP contribution in [-0.4, -0.2) is 21.1 Å². The number of carbonyl (C=O) groups is 1. The molecule has 0 aromatic carbocycles. The highest BCUT2D eigenvalue weighted by Crippen LogP contribution is 2.04. The van der Waals surface area contributed by atoms with Crippen molar-refractivity contribution < 1.29 is 4.79 Å². The normalized spacial score (nSPS) is 9.75. The first-order chi connectivity index (χ1) is 7.75. The Kier molecular flexibility index (Phi) is 2.73. The van der Waals surface area contributed by atoms with E-state index in [4.69, 9.17) is 5.73 Å².